The van der Waals surface area contributed by atoms with Crippen molar-refractivity contribution >= 4 is 44.3 Å². The lowest BCUT2D eigenvalue weighted by atomic mass is 9.97. The minimum absolute atomic E-state index is 0.0461. The summed E-state index contributed by atoms with van der Waals surface area (Å²) in [5, 5.41) is 6.43. The van der Waals surface area contributed by atoms with E-state index in [-0.39, 0.29) is 35.9 Å². The van der Waals surface area contributed by atoms with Gasteiger partial charge in [0.15, 0.2) is 10.8 Å². The molecule has 186 valence electrons. The summed E-state index contributed by atoms with van der Waals surface area (Å²) in [7, 11) is 0. The van der Waals surface area contributed by atoms with Gasteiger partial charge < -0.3 is 20.3 Å². The molecule has 1 aliphatic rings. The molecule has 1 atom stereocenters. The Kier molecular flexibility index (Phi) is 7.64. The van der Waals surface area contributed by atoms with Crippen LogP contribution in [0, 0.1) is 5.92 Å². The second-order valence-electron chi connectivity index (χ2n) is 8.78. The second-order valence-corrected chi connectivity index (χ2v) is 9.76. The largest absolute Gasteiger partial charge is 0.494 e. The third-order valence-electron chi connectivity index (χ3n) is 5.63. The first-order valence-corrected chi connectivity index (χ1v) is 12.6. The molecule has 1 unspecified atom stereocenters. The van der Waals surface area contributed by atoms with Gasteiger partial charge in [0.25, 0.3) is 5.56 Å². The molecule has 11 heteroatoms. The maximum Gasteiger partial charge on any atom is 0.273 e. The number of hydrogen-bond donors (Lipinski definition) is 2. The number of hydrogen-bond acceptors (Lipinski definition) is 8. The van der Waals surface area contributed by atoms with E-state index in [4.69, 9.17) is 4.74 Å². The van der Waals surface area contributed by atoms with Gasteiger partial charge in [-0.25, -0.2) is 4.98 Å². The van der Waals surface area contributed by atoms with E-state index in [0.717, 1.165) is 25.1 Å². The van der Waals surface area contributed by atoms with Gasteiger partial charge in [0.1, 0.15) is 23.3 Å². The van der Waals surface area contributed by atoms with Gasteiger partial charge in [0.05, 0.1) is 12.5 Å². The zero-order valence-electron chi connectivity index (χ0n) is 20.1. The van der Waals surface area contributed by atoms with Gasteiger partial charge in [0, 0.05) is 24.8 Å². The SMILES string of the molecule is CCOc1ccc(NC(=O)Cn2cnc3nc(N4CCCC(C(=O)NC(C)C)C4)sc3c2=O)cc1. The van der Waals surface area contributed by atoms with Crippen LogP contribution in [0.2, 0.25) is 0 Å². The molecule has 1 aromatic carbocycles. The lowest BCUT2D eigenvalue weighted by Gasteiger charge is -2.32. The van der Waals surface area contributed by atoms with Crippen LogP contribution < -0.4 is 25.8 Å². The van der Waals surface area contributed by atoms with Crippen LogP contribution in [-0.4, -0.2) is 52.1 Å². The Morgan fingerprint density at radius 2 is 2.03 bits per heavy atom. The van der Waals surface area contributed by atoms with Crippen molar-refractivity contribution in [3.8, 4) is 5.75 Å². The minimum atomic E-state index is -0.336. The predicted molar refractivity (Wildman–Crippen MR) is 136 cm³/mol. The molecule has 4 rings (SSSR count). The van der Waals surface area contributed by atoms with E-state index in [1.165, 1.54) is 22.2 Å². The highest BCUT2D eigenvalue weighted by Gasteiger charge is 2.28. The molecule has 0 bridgehead atoms. The lowest BCUT2D eigenvalue weighted by molar-refractivity contribution is -0.125. The van der Waals surface area contributed by atoms with Crippen LogP contribution in [0.5, 0.6) is 5.75 Å². The quantitative estimate of drug-likeness (QED) is 0.490. The standard InChI is InChI=1S/C24H30N6O4S/c1-4-34-18-9-7-17(8-10-18)27-19(31)13-30-14-25-21-20(23(30)33)35-24(28-21)29-11-5-6-16(12-29)22(32)26-15(2)3/h7-10,14-16H,4-6,11-13H2,1-3H3,(H,26,32)(H,27,31). The van der Waals surface area contributed by atoms with E-state index in [0.29, 0.717) is 34.3 Å². The highest BCUT2D eigenvalue weighted by Crippen LogP contribution is 2.29. The van der Waals surface area contributed by atoms with E-state index in [2.05, 4.69) is 20.6 Å². The summed E-state index contributed by atoms with van der Waals surface area (Å²) in [5.74, 6) is 0.314. The maximum atomic E-state index is 13.0. The van der Waals surface area contributed by atoms with Gasteiger partial charge in [-0.1, -0.05) is 11.3 Å². The molecule has 0 radical (unpaired) electrons. The molecule has 0 aliphatic carbocycles. The fourth-order valence-corrected chi connectivity index (χ4v) is 5.01. The zero-order chi connectivity index (χ0) is 24.9. The number of aromatic nitrogens is 3. The second kappa shape index (κ2) is 10.9. The van der Waals surface area contributed by atoms with Crippen molar-refractivity contribution in [1.29, 1.82) is 0 Å². The van der Waals surface area contributed by atoms with Crippen molar-refractivity contribution in [3.63, 3.8) is 0 Å². The summed E-state index contributed by atoms with van der Waals surface area (Å²) in [5.41, 5.74) is 0.653. The first-order chi connectivity index (χ1) is 16.8. The number of rotatable bonds is 8. The van der Waals surface area contributed by atoms with E-state index >= 15 is 0 Å². The molecule has 3 heterocycles. The van der Waals surface area contributed by atoms with Crippen molar-refractivity contribution in [2.75, 3.05) is 29.9 Å². The van der Waals surface area contributed by atoms with Crippen LogP contribution in [0.1, 0.15) is 33.6 Å². The number of fused-ring (bicyclic) bond motifs is 1. The monoisotopic (exact) mass is 498 g/mol. The number of carbonyl (C=O) groups excluding carboxylic acids is 2. The molecule has 0 spiro atoms. The third-order valence-corrected chi connectivity index (χ3v) is 6.72. The first kappa shape index (κ1) is 24.6. The number of benzene rings is 1. The molecule has 1 aliphatic heterocycles. The van der Waals surface area contributed by atoms with Crippen LogP contribution in [0.4, 0.5) is 10.8 Å². The number of ether oxygens (including phenoxy) is 1. The normalized spacial score (nSPS) is 15.9. The number of nitrogens with one attached hydrogen (secondary N) is 2. The zero-order valence-corrected chi connectivity index (χ0v) is 20.9. The highest BCUT2D eigenvalue weighted by molar-refractivity contribution is 7.22. The topological polar surface area (TPSA) is 118 Å². The summed E-state index contributed by atoms with van der Waals surface area (Å²) in [6, 6.07) is 7.13. The van der Waals surface area contributed by atoms with Crippen LogP contribution in [0.25, 0.3) is 10.3 Å². The van der Waals surface area contributed by atoms with Gasteiger partial charge in [0.2, 0.25) is 11.8 Å². The predicted octanol–water partition coefficient (Wildman–Crippen LogP) is 2.63. The van der Waals surface area contributed by atoms with Crippen molar-refractivity contribution in [1.82, 2.24) is 19.9 Å². The van der Waals surface area contributed by atoms with E-state index in [9.17, 15) is 14.4 Å². The van der Waals surface area contributed by atoms with Crippen molar-refractivity contribution in [2.45, 2.75) is 46.2 Å². The first-order valence-electron chi connectivity index (χ1n) is 11.8. The lowest BCUT2D eigenvalue weighted by Crippen LogP contribution is -2.44. The summed E-state index contributed by atoms with van der Waals surface area (Å²) in [4.78, 5) is 48.9. The number of piperidine rings is 1. The Bertz CT molecular complexity index is 1250. The van der Waals surface area contributed by atoms with Gasteiger partial charge in [-0.2, -0.15) is 4.98 Å². The molecule has 0 saturated carbocycles. The van der Waals surface area contributed by atoms with Crippen molar-refractivity contribution in [2.24, 2.45) is 5.92 Å². The molecule has 1 saturated heterocycles. The molecule has 2 aromatic heterocycles. The molecule has 2 amide bonds. The molecule has 10 nitrogen and oxygen atoms in total. The summed E-state index contributed by atoms with van der Waals surface area (Å²) in [6.07, 6.45) is 3.05. The van der Waals surface area contributed by atoms with Crippen LogP contribution in [0.3, 0.4) is 0 Å². The van der Waals surface area contributed by atoms with Crippen molar-refractivity contribution < 1.29 is 14.3 Å². The Hall–Kier alpha value is -3.47. The summed E-state index contributed by atoms with van der Waals surface area (Å²) < 4.78 is 7.08. The average molecular weight is 499 g/mol. The summed E-state index contributed by atoms with van der Waals surface area (Å²) in [6.45, 7) is 7.52. The Balaban J connectivity index is 1.45. The molecule has 2 N–H and O–H groups in total. The third kappa shape index (κ3) is 5.97. The van der Waals surface area contributed by atoms with E-state index < -0.39 is 0 Å². The Morgan fingerprint density at radius 3 is 2.74 bits per heavy atom. The maximum absolute atomic E-state index is 13.0. The number of carbonyl (C=O) groups is 2. The number of thiazole rings is 1. The fourth-order valence-electron chi connectivity index (χ4n) is 4.01. The molecular formula is C24H30N6O4S. The van der Waals surface area contributed by atoms with Gasteiger partial charge in [-0.05, 0) is 57.9 Å². The number of nitrogens with zero attached hydrogens (tertiary/aromatic N) is 4. The Morgan fingerprint density at radius 1 is 1.26 bits per heavy atom. The Labute approximate surface area is 207 Å². The smallest absolute Gasteiger partial charge is 0.273 e. The fraction of sp³-hybridized carbons (Fsp3) is 0.458. The van der Waals surface area contributed by atoms with Crippen LogP contribution in [0.15, 0.2) is 35.4 Å². The van der Waals surface area contributed by atoms with E-state index in [1.54, 1.807) is 24.3 Å². The molecule has 3 aromatic rings. The number of amides is 2. The molecular weight excluding hydrogens is 468 g/mol. The summed E-state index contributed by atoms with van der Waals surface area (Å²) >= 11 is 1.25. The number of anilines is 2. The van der Waals surface area contributed by atoms with Crippen molar-refractivity contribution in [3.05, 3.63) is 40.9 Å². The van der Waals surface area contributed by atoms with Gasteiger partial charge >= 0.3 is 0 Å². The minimum Gasteiger partial charge on any atom is -0.494 e. The van der Waals surface area contributed by atoms with Crippen LogP contribution in [-0.2, 0) is 16.1 Å². The van der Waals surface area contributed by atoms with Gasteiger partial charge in [-0.15, -0.1) is 0 Å². The molecule has 1 fully saturated rings. The van der Waals surface area contributed by atoms with Gasteiger partial charge in [-0.3, -0.25) is 19.0 Å². The highest BCUT2D eigenvalue weighted by atomic mass is 32.1. The average Bonchev–Trinajstić information content (AvgIpc) is 3.27. The molecule has 35 heavy (non-hydrogen) atoms. The van der Waals surface area contributed by atoms with E-state index in [1.807, 2.05) is 25.7 Å². The van der Waals surface area contributed by atoms with Crippen LogP contribution >= 0.6 is 11.3 Å².